The van der Waals surface area contributed by atoms with Crippen LogP contribution in [-0.4, -0.2) is 18.0 Å². The summed E-state index contributed by atoms with van der Waals surface area (Å²) in [5.74, 6) is -1.65. The predicted octanol–water partition coefficient (Wildman–Crippen LogP) is 1.10. The molecule has 0 aromatic rings. The first-order valence-corrected chi connectivity index (χ1v) is 3.13. The van der Waals surface area contributed by atoms with Gasteiger partial charge in [0.15, 0.2) is 11.8 Å². The van der Waals surface area contributed by atoms with E-state index in [4.69, 9.17) is 0 Å². The van der Waals surface area contributed by atoms with Crippen molar-refractivity contribution in [3.05, 3.63) is 0 Å². The maximum atomic E-state index is 11.7. The first-order valence-electron chi connectivity index (χ1n) is 3.13. The molecule has 0 saturated heterocycles. The average Bonchev–Trinajstić information content (AvgIpc) is 1.82. The average molecular weight is 169 g/mol. The summed E-state index contributed by atoms with van der Waals surface area (Å²) in [6, 6.07) is -2.33. The summed E-state index contributed by atoms with van der Waals surface area (Å²) < 4.78 is 35.1. The van der Waals surface area contributed by atoms with Crippen LogP contribution in [0.2, 0.25) is 0 Å². The van der Waals surface area contributed by atoms with Crippen molar-refractivity contribution in [2.75, 3.05) is 0 Å². The van der Waals surface area contributed by atoms with Crippen molar-refractivity contribution in [2.45, 2.75) is 26.1 Å². The minimum atomic E-state index is -4.61. The molecule has 2 nitrogen and oxygen atoms in total. The van der Waals surface area contributed by atoms with E-state index in [9.17, 15) is 18.0 Å². The van der Waals surface area contributed by atoms with Gasteiger partial charge >= 0.3 is 6.18 Å². The Bertz CT molecular complexity index is 152. The summed E-state index contributed by atoms with van der Waals surface area (Å²) >= 11 is 0. The molecule has 0 aliphatic carbocycles. The van der Waals surface area contributed by atoms with Gasteiger partial charge in [-0.3, -0.25) is 4.79 Å². The van der Waals surface area contributed by atoms with E-state index < -0.39 is 23.9 Å². The van der Waals surface area contributed by atoms with Crippen molar-refractivity contribution in [3.63, 3.8) is 0 Å². The summed E-state index contributed by atoms with van der Waals surface area (Å²) in [6.07, 6.45) is -4.61. The number of ketones is 1. The van der Waals surface area contributed by atoms with Crippen LogP contribution in [0.25, 0.3) is 0 Å². The van der Waals surface area contributed by atoms with Crippen LogP contribution >= 0.6 is 0 Å². The lowest BCUT2D eigenvalue weighted by atomic mass is 10.0. The highest BCUT2D eigenvalue weighted by molar-refractivity contribution is 5.86. The fourth-order valence-corrected chi connectivity index (χ4v) is 0.520. The predicted molar refractivity (Wildman–Crippen MR) is 33.9 cm³/mol. The standard InChI is InChI=1S/C6H10F3NO/c1-3(2)4(11)5(10)6(7,8)9/h3,5H,10H2,1-2H3. The zero-order valence-electron chi connectivity index (χ0n) is 6.27. The van der Waals surface area contributed by atoms with Gasteiger partial charge < -0.3 is 5.73 Å². The van der Waals surface area contributed by atoms with Crippen molar-refractivity contribution in [1.82, 2.24) is 0 Å². The molecule has 11 heavy (non-hydrogen) atoms. The molecular weight excluding hydrogens is 159 g/mol. The van der Waals surface area contributed by atoms with Gasteiger partial charge in [0.1, 0.15) is 0 Å². The van der Waals surface area contributed by atoms with Gasteiger partial charge in [-0.15, -0.1) is 0 Å². The molecule has 0 amide bonds. The van der Waals surface area contributed by atoms with Crippen LogP contribution in [0.5, 0.6) is 0 Å². The Morgan fingerprint density at radius 1 is 1.36 bits per heavy atom. The Kier molecular flexibility index (Phi) is 3.04. The third kappa shape index (κ3) is 2.88. The third-order valence-electron chi connectivity index (χ3n) is 1.23. The van der Waals surface area contributed by atoms with E-state index in [1.54, 1.807) is 0 Å². The zero-order valence-corrected chi connectivity index (χ0v) is 6.27. The number of halogens is 3. The van der Waals surface area contributed by atoms with Gasteiger partial charge in [0.2, 0.25) is 0 Å². The van der Waals surface area contributed by atoms with Gasteiger partial charge in [-0.2, -0.15) is 13.2 Å². The molecule has 1 unspecified atom stereocenters. The molecule has 0 aromatic carbocycles. The van der Waals surface area contributed by atoms with Gasteiger partial charge in [-0.1, -0.05) is 13.8 Å². The second-order valence-electron chi connectivity index (χ2n) is 2.58. The summed E-state index contributed by atoms with van der Waals surface area (Å²) in [7, 11) is 0. The molecule has 1 atom stereocenters. The SMILES string of the molecule is CC(C)C(=O)C(N)C(F)(F)F. The maximum absolute atomic E-state index is 11.7. The molecule has 0 aliphatic rings. The Balaban J connectivity index is 4.26. The summed E-state index contributed by atoms with van der Waals surface area (Å²) in [5.41, 5.74) is 4.62. The molecule has 0 aromatic heterocycles. The number of carbonyl (C=O) groups is 1. The van der Waals surface area contributed by atoms with Crippen LogP contribution in [-0.2, 0) is 4.79 Å². The van der Waals surface area contributed by atoms with Crippen molar-refractivity contribution >= 4 is 5.78 Å². The zero-order chi connectivity index (χ0) is 9.23. The second-order valence-corrected chi connectivity index (χ2v) is 2.58. The normalized spacial score (nSPS) is 15.2. The molecule has 2 N–H and O–H groups in total. The Morgan fingerprint density at radius 2 is 1.73 bits per heavy atom. The first-order chi connectivity index (χ1) is 4.76. The van der Waals surface area contributed by atoms with E-state index in [0.717, 1.165) is 0 Å². The first kappa shape index (κ1) is 10.4. The molecule has 0 saturated carbocycles. The van der Waals surface area contributed by atoms with Crippen LogP contribution in [0, 0.1) is 5.92 Å². The highest BCUT2D eigenvalue weighted by atomic mass is 19.4. The quantitative estimate of drug-likeness (QED) is 0.672. The van der Waals surface area contributed by atoms with Gasteiger partial charge in [-0.25, -0.2) is 0 Å². The largest absolute Gasteiger partial charge is 0.410 e. The van der Waals surface area contributed by atoms with Crippen LogP contribution in [0.3, 0.4) is 0 Å². The summed E-state index contributed by atoms with van der Waals surface area (Å²) in [4.78, 5) is 10.6. The summed E-state index contributed by atoms with van der Waals surface area (Å²) in [5, 5.41) is 0. The minimum Gasteiger partial charge on any atom is -0.314 e. The lowest BCUT2D eigenvalue weighted by molar-refractivity contribution is -0.163. The lowest BCUT2D eigenvalue weighted by Gasteiger charge is -2.15. The number of nitrogens with two attached hydrogens (primary N) is 1. The van der Waals surface area contributed by atoms with E-state index in [2.05, 4.69) is 5.73 Å². The highest BCUT2D eigenvalue weighted by Gasteiger charge is 2.42. The number of Topliss-reactive ketones (excluding diaryl/α,β-unsaturated/α-hetero) is 1. The molecule has 5 heteroatoms. The van der Waals surface area contributed by atoms with Gasteiger partial charge in [0, 0.05) is 5.92 Å². The van der Waals surface area contributed by atoms with E-state index >= 15 is 0 Å². The summed E-state index contributed by atoms with van der Waals surface area (Å²) in [6.45, 7) is 2.77. The smallest absolute Gasteiger partial charge is 0.314 e. The van der Waals surface area contributed by atoms with E-state index in [1.165, 1.54) is 13.8 Å². The molecule has 0 fully saturated rings. The molecule has 0 spiro atoms. The lowest BCUT2D eigenvalue weighted by Crippen LogP contribution is -2.46. The fraction of sp³-hybridized carbons (Fsp3) is 0.833. The van der Waals surface area contributed by atoms with Crippen LogP contribution in [0.4, 0.5) is 13.2 Å². The van der Waals surface area contributed by atoms with E-state index in [0.29, 0.717) is 0 Å². The molecule has 0 bridgehead atoms. The Hall–Kier alpha value is -0.580. The molecular formula is C6H10F3NO. The molecule has 0 aliphatic heterocycles. The van der Waals surface area contributed by atoms with Crippen molar-refractivity contribution in [2.24, 2.45) is 11.7 Å². The van der Waals surface area contributed by atoms with Gasteiger partial charge in [0.05, 0.1) is 0 Å². The topological polar surface area (TPSA) is 43.1 Å². The number of hydrogen-bond acceptors (Lipinski definition) is 2. The number of hydrogen-bond donors (Lipinski definition) is 1. The second kappa shape index (κ2) is 3.21. The molecule has 66 valence electrons. The monoisotopic (exact) mass is 169 g/mol. The number of carbonyl (C=O) groups excluding carboxylic acids is 1. The molecule has 0 rings (SSSR count). The molecule has 0 radical (unpaired) electrons. The Morgan fingerprint density at radius 3 is 1.82 bits per heavy atom. The minimum absolute atomic E-state index is 0.674. The van der Waals surface area contributed by atoms with E-state index in [1.807, 2.05) is 0 Å². The van der Waals surface area contributed by atoms with Crippen LogP contribution in [0.15, 0.2) is 0 Å². The number of rotatable bonds is 2. The number of alkyl halides is 3. The van der Waals surface area contributed by atoms with Crippen molar-refractivity contribution in [3.8, 4) is 0 Å². The van der Waals surface area contributed by atoms with Gasteiger partial charge in [0.25, 0.3) is 0 Å². The van der Waals surface area contributed by atoms with Crippen LogP contribution in [0.1, 0.15) is 13.8 Å². The highest BCUT2D eigenvalue weighted by Crippen LogP contribution is 2.20. The Labute approximate surface area is 62.6 Å². The van der Waals surface area contributed by atoms with Crippen molar-refractivity contribution < 1.29 is 18.0 Å². The van der Waals surface area contributed by atoms with E-state index in [-0.39, 0.29) is 0 Å². The third-order valence-corrected chi connectivity index (χ3v) is 1.23. The maximum Gasteiger partial charge on any atom is 0.410 e. The van der Waals surface area contributed by atoms with Crippen LogP contribution < -0.4 is 5.73 Å². The van der Waals surface area contributed by atoms with Crippen molar-refractivity contribution in [1.29, 1.82) is 0 Å². The fourth-order valence-electron chi connectivity index (χ4n) is 0.520. The van der Waals surface area contributed by atoms with Gasteiger partial charge in [-0.05, 0) is 0 Å². The molecule has 0 heterocycles.